The van der Waals surface area contributed by atoms with Gasteiger partial charge in [0, 0.05) is 25.6 Å². The molecule has 4 nitrogen and oxygen atoms in total. The van der Waals surface area contributed by atoms with Crippen LogP contribution < -0.4 is 0 Å². The lowest BCUT2D eigenvalue weighted by atomic mass is 10.2. The Morgan fingerprint density at radius 3 is 2.75 bits per heavy atom. The van der Waals surface area contributed by atoms with Crippen molar-refractivity contribution < 1.29 is 13.2 Å². The molecule has 1 aliphatic rings. The zero-order valence-corrected chi connectivity index (χ0v) is 14.1. The molecule has 0 radical (unpaired) electrons. The molecule has 20 heavy (non-hydrogen) atoms. The minimum atomic E-state index is -3.45. The summed E-state index contributed by atoms with van der Waals surface area (Å²) in [6.45, 7) is 2.79. The van der Waals surface area contributed by atoms with Gasteiger partial charge in [-0.25, -0.2) is 8.42 Å². The Bertz CT molecular complexity index is 540. The summed E-state index contributed by atoms with van der Waals surface area (Å²) >= 11 is 6.99. The Labute approximate surface area is 129 Å². The maximum absolute atomic E-state index is 12.8. The zero-order chi connectivity index (χ0) is 14.8. The summed E-state index contributed by atoms with van der Waals surface area (Å²) in [5.74, 6) is 0.816. The molecule has 114 valence electrons. The van der Waals surface area contributed by atoms with E-state index in [-0.39, 0.29) is 6.04 Å². The van der Waals surface area contributed by atoms with Crippen LogP contribution in [0.1, 0.15) is 25.3 Å². The molecular formula is C13H20ClNO3S2. The van der Waals surface area contributed by atoms with Crippen LogP contribution in [-0.4, -0.2) is 39.0 Å². The van der Waals surface area contributed by atoms with Crippen LogP contribution in [0.5, 0.6) is 0 Å². The average Bonchev–Trinajstić information content (AvgIpc) is 3.15. The molecule has 1 aromatic rings. The third-order valence-electron chi connectivity index (χ3n) is 3.62. The quantitative estimate of drug-likeness (QED) is 0.685. The predicted octanol–water partition coefficient (Wildman–Crippen LogP) is 2.92. The summed E-state index contributed by atoms with van der Waals surface area (Å²) in [5, 5.41) is 1.80. The molecule has 1 atom stereocenters. The highest BCUT2D eigenvalue weighted by Crippen LogP contribution is 2.37. The molecule has 1 saturated carbocycles. The number of hydrogen-bond donors (Lipinski definition) is 0. The number of alkyl halides is 1. The molecule has 0 aromatic carbocycles. The van der Waals surface area contributed by atoms with E-state index >= 15 is 0 Å². The Hall–Kier alpha value is -0.140. The maximum atomic E-state index is 12.8. The highest BCUT2D eigenvalue weighted by Gasteiger charge is 2.38. The van der Waals surface area contributed by atoms with Crippen molar-refractivity contribution in [3.63, 3.8) is 0 Å². The fraction of sp³-hybridized carbons (Fsp3) is 0.692. The second-order valence-electron chi connectivity index (χ2n) is 5.09. The molecule has 0 amide bonds. The molecule has 1 aliphatic carbocycles. The molecule has 1 aromatic heterocycles. The molecule has 1 heterocycles. The number of methoxy groups -OCH3 is 1. The first-order chi connectivity index (χ1) is 9.50. The summed E-state index contributed by atoms with van der Waals surface area (Å²) in [6, 6.07) is 1.70. The van der Waals surface area contributed by atoms with Gasteiger partial charge in [0.15, 0.2) is 0 Å². The minimum Gasteiger partial charge on any atom is -0.383 e. The van der Waals surface area contributed by atoms with Gasteiger partial charge in [-0.3, -0.25) is 0 Å². The van der Waals surface area contributed by atoms with Crippen molar-refractivity contribution in [1.29, 1.82) is 0 Å². The van der Waals surface area contributed by atoms with Crippen LogP contribution >= 0.6 is 22.9 Å². The van der Waals surface area contributed by atoms with Gasteiger partial charge in [-0.2, -0.15) is 4.31 Å². The number of ether oxygens (including phenoxy) is 1. The van der Waals surface area contributed by atoms with E-state index in [1.54, 1.807) is 22.9 Å². The second-order valence-corrected chi connectivity index (χ2v) is 8.39. The van der Waals surface area contributed by atoms with Gasteiger partial charge in [0.1, 0.15) is 4.21 Å². The Balaban J connectivity index is 2.24. The molecular weight excluding hydrogens is 318 g/mol. The van der Waals surface area contributed by atoms with E-state index in [1.165, 1.54) is 11.3 Å². The second kappa shape index (κ2) is 6.75. The van der Waals surface area contributed by atoms with Crippen LogP contribution in [0, 0.1) is 5.92 Å². The minimum absolute atomic E-state index is 0.0247. The van der Waals surface area contributed by atoms with Crippen molar-refractivity contribution in [3.05, 3.63) is 17.0 Å². The number of nitrogens with zero attached hydrogens (tertiary/aromatic N) is 1. The lowest BCUT2D eigenvalue weighted by Gasteiger charge is -2.27. The molecule has 2 rings (SSSR count). The van der Waals surface area contributed by atoms with E-state index in [0.29, 0.717) is 29.2 Å². The molecule has 1 unspecified atom stereocenters. The summed E-state index contributed by atoms with van der Waals surface area (Å²) in [5.41, 5.74) is 0.848. The van der Waals surface area contributed by atoms with Crippen LogP contribution in [0.25, 0.3) is 0 Å². The van der Waals surface area contributed by atoms with Gasteiger partial charge < -0.3 is 4.74 Å². The average molecular weight is 338 g/mol. The van der Waals surface area contributed by atoms with Crippen molar-refractivity contribution in [2.24, 2.45) is 5.92 Å². The lowest BCUT2D eigenvalue weighted by Crippen LogP contribution is -2.41. The zero-order valence-electron chi connectivity index (χ0n) is 11.7. The van der Waals surface area contributed by atoms with Gasteiger partial charge in [0.05, 0.1) is 6.61 Å². The third-order valence-corrected chi connectivity index (χ3v) is 7.38. The first-order valence-corrected chi connectivity index (χ1v) is 9.50. The van der Waals surface area contributed by atoms with E-state index in [4.69, 9.17) is 16.3 Å². The number of halogens is 1. The molecule has 1 fully saturated rings. The smallest absolute Gasteiger partial charge is 0.252 e. The van der Waals surface area contributed by atoms with Gasteiger partial charge in [-0.1, -0.05) is 0 Å². The largest absolute Gasteiger partial charge is 0.383 e. The van der Waals surface area contributed by atoms with Gasteiger partial charge in [-0.05, 0) is 42.7 Å². The summed E-state index contributed by atoms with van der Waals surface area (Å²) in [4.78, 5) is 0. The fourth-order valence-electron chi connectivity index (χ4n) is 2.21. The first-order valence-electron chi connectivity index (χ1n) is 6.65. The van der Waals surface area contributed by atoms with Crippen LogP contribution in [0.15, 0.2) is 15.7 Å². The van der Waals surface area contributed by atoms with E-state index < -0.39 is 10.0 Å². The standard InChI is InChI=1S/C13H20ClNO3S2/c1-10(12-3-4-12)15(5-6-18-2)20(16,17)13-7-11(8-14)9-19-13/h7,9-10,12H,3-6,8H2,1-2H3. The predicted molar refractivity (Wildman–Crippen MR) is 81.8 cm³/mol. The summed E-state index contributed by atoms with van der Waals surface area (Å²) in [6.07, 6.45) is 2.22. The van der Waals surface area contributed by atoms with Crippen LogP contribution in [-0.2, 0) is 20.6 Å². The van der Waals surface area contributed by atoms with Gasteiger partial charge in [0.2, 0.25) is 0 Å². The normalized spacial score (nSPS) is 17.6. The number of rotatable bonds is 8. The van der Waals surface area contributed by atoms with Crippen molar-refractivity contribution in [3.8, 4) is 0 Å². The fourth-order valence-corrected chi connectivity index (χ4v) is 5.47. The summed E-state index contributed by atoms with van der Waals surface area (Å²) < 4.78 is 32.6. The molecule has 7 heteroatoms. The Morgan fingerprint density at radius 2 is 2.25 bits per heavy atom. The lowest BCUT2D eigenvalue weighted by molar-refractivity contribution is 0.164. The Kier molecular flexibility index (Phi) is 5.48. The van der Waals surface area contributed by atoms with Gasteiger partial charge in [0.25, 0.3) is 10.0 Å². The summed E-state index contributed by atoms with van der Waals surface area (Å²) in [7, 11) is -1.87. The molecule has 0 N–H and O–H groups in total. The van der Waals surface area contributed by atoms with E-state index in [2.05, 4.69) is 0 Å². The highest BCUT2D eigenvalue weighted by atomic mass is 35.5. The maximum Gasteiger partial charge on any atom is 0.252 e. The molecule has 0 spiro atoms. The molecule has 0 aliphatic heterocycles. The topological polar surface area (TPSA) is 46.6 Å². The van der Waals surface area contributed by atoms with Crippen LogP contribution in [0.3, 0.4) is 0 Å². The molecule has 0 saturated heterocycles. The number of thiophene rings is 1. The first kappa shape index (κ1) is 16.2. The van der Waals surface area contributed by atoms with Gasteiger partial charge >= 0.3 is 0 Å². The Morgan fingerprint density at radius 1 is 1.55 bits per heavy atom. The monoisotopic (exact) mass is 337 g/mol. The highest BCUT2D eigenvalue weighted by molar-refractivity contribution is 7.91. The van der Waals surface area contributed by atoms with Crippen LogP contribution in [0.2, 0.25) is 0 Å². The van der Waals surface area contributed by atoms with Gasteiger partial charge in [-0.15, -0.1) is 22.9 Å². The molecule has 0 bridgehead atoms. The van der Waals surface area contributed by atoms with Crippen LogP contribution in [0.4, 0.5) is 0 Å². The number of sulfonamides is 1. The van der Waals surface area contributed by atoms with E-state index in [0.717, 1.165) is 18.4 Å². The van der Waals surface area contributed by atoms with Crippen molar-refractivity contribution >= 4 is 33.0 Å². The van der Waals surface area contributed by atoms with Crippen molar-refractivity contribution in [2.75, 3.05) is 20.3 Å². The van der Waals surface area contributed by atoms with Crippen molar-refractivity contribution in [2.45, 2.75) is 35.9 Å². The number of hydrogen-bond acceptors (Lipinski definition) is 4. The van der Waals surface area contributed by atoms with E-state index in [1.807, 2.05) is 6.92 Å². The van der Waals surface area contributed by atoms with E-state index in [9.17, 15) is 8.42 Å². The SMILES string of the molecule is COCCN(C(C)C1CC1)S(=O)(=O)c1cc(CCl)cs1. The third kappa shape index (κ3) is 3.54. The van der Waals surface area contributed by atoms with Crippen molar-refractivity contribution in [1.82, 2.24) is 4.31 Å².